The minimum Gasteiger partial charge on any atom is -0.490 e. The molecule has 2 aliphatic rings. The Hall–Kier alpha value is -3.01. The van der Waals surface area contributed by atoms with Gasteiger partial charge in [-0.15, -0.1) is 0 Å². The summed E-state index contributed by atoms with van der Waals surface area (Å²) in [6, 6.07) is 14.1. The minimum absolute atomic E-state index is 0.0689. The third-order valence-electron chi connectivity index (χ3n) is 6.83. The van der Waals surface area contributed by atoms with E-state index in [9.17, 15) is 17.9 Å². The number of fused-ring (bicyclic) bond motifs is 3. The van der Waals surface area contributed by atoms with Gasteiger partial charge in [0.2, 0.25) is 10.0 Å². The number of sulfonamides is 1. The number of aromatic nitrogens is 1. The molecule has 4 atom stereocenters. The fraction of sp³-hybridized carbons (Fsp3) is 0.346. The average molecular weight is 499 g/mol. The van der Waals surface area contributed by atoms with Crippen molar-refractivity contribution in [3.8, 4) is 11.5 Å². The summed E-state index contributed by atoms with van der Waals surface area (Å²) in [7, 11) is -3.74. The molecule has 7 nitrogen and oxygen atoms in total. The van der Waals surface area contributed by atoms with Gasteiger partial charge in [0.25, 0.3) is 0 Å². The molecule has 35 heavy (non-hydrogen) atoms. The lowest BCUT2D eigenvalue weighted by Gasteiger charge is -2.26. The molecule has 2 bridgehead atoms. The van der Waals surface area contributed by atoms with Crippen molar-refractivity contribution in [1.29, 1.82) is 0 Å². The predicted molar refractivity (Wildman–Crippen MR) is 127 cm³/mol. The quantitative estimate of drug-likeness (QED) is 0.460. The number of ether oxygens (including phenoxy) is 2. The Morgan fingerprint density at radius 1 is 1.03 bits per heavy atom. The normalized spacial score (nSPS) is 23.4. The summed E-state index contributed by atoms with van der Waals surface area (Å²) in [5, 5.41) is 11.2. The monoisotopic (exact) mass is 498 g/mol. The van der Waals surface area contributed by atoms with E-state index in [0.29, 0.717) is 31.1 Å². The average Bonchev–Trinajstić information content (AvgIpc) is 3.19. The number of aliphatic hydroxyl groups excluding tert-OH is 1. The third kappa shape index (κ3) is 5.17. The molecule has 0 spiro atoms. The lowest BCUT2D eigenvalue weighted by Crippen LogP contribution is -2.42. The maximum Gasteiger partial charge on any atom is 0.242 e. The fourth-order valence-corrected chi connectivity index (χ4v) is 6.45. The van der Waals surface area contributed by atoms with Crippen molar-refractivity contribution in [3.63, 3.8) is 0 Å². The zero-order valence-electron chi connectivity index (χ0n) is 19.0. The molecule has 2 N–H and O–H groups in total. The summed E-state index contributed by atoms with van der Waals surface area (Å²) in [5.41, 5.74) is 1.78. The van der Waals surface area contributed by atoms with Gasteiger partial charge in [-0.2, -0.15) is 0 Å². The van der Waals surface area contributed by atoms with Crippen LogP contribution in [0.5, 0.6) is 11.5 Å². The molecular weight excluding hydrogens is 471 g/mol. The van der Waals surface area contributed by atoms with Gasteiger partial charge in [-0.1, -0.05) is 6.07 Å². The van der Waals surface area contributed by atoms with Gasteiger partial charge in [-0.25, -0.2) is 17.5 Å². The molecule has 2 aromatic carbocycles. The first-order valence-electron chi connectivity index (χ1n) is 11.6. The van der Waals surface area contributed by atoms with E-state index in [1.165, 1.54) is 30.6 Å². The van der Waals surface area contributed by atoms with Crippen molar-refractivity contribution in [1.82, 2.24) is 9.71 Å². The summed E-state index contributed by atoms with van der Waals surface area (Å²) < 4.78 is 53.2. The lowest BCUT2D eigenvalue weighted by atomic mass is 9.91. The largest absolute Gasteiger partial charge is 0.490 e. The van der Waals surface area contributed by atoms with Crippen LogP contribution in [0, 0.1) is 17.7 Å². The molecule has 1 aromatic heterocycles. The van der Waals surface area contributed by atoms with Gasteiger partial charge in [-0.05, 0) is 84.8 Å². The van der Waals surface area contributed by atoms with E-state index in [2.05, 4.69) is 9.71 Å². The second-order valence-corrected chi connectivity index (χ2v) is 10.7. The zero-order valence-corrected chi connectivity index (χ0v) is 19.8. The maximum absolute atomic E-state index is 13.0. The smallest absolute Gasteiger partial charge is 0.242 e. The summed E-state index contributed by atoms with van der Waals surface area (Å²) in [6.07, 6.45) is 4.32. The van der Waals surface area contributed by atoms with Crippen LogP contribution in [0.1, 0.15) is 30.1 Å². The highest BCUT2D eigenvalue weighted by Crippen LogP contribution is 2.46. The van der Waals surface area contributed by atoms with Crippen molar-refractivity contribution in [2.45, 2.75) is 36.3 Å². The number of nitrogens with one attached hydrogen (secondary N) is 1. The molecule has 0 aliphatic heterocycles. The van der Waals surface area contributed by atoms with Crippen molar-refractivity contribution >= 4 is 10.0 Å². The summed E-state index contributed by atoms with van der Waals surface area (Å²) >= 11 is 0. The second-order valence-electron chi connectivity index (χ2n) is 9.00. The van der Waals surface area contributed by atoms with E-state index in [1.54, 1.807) is 18.2 Å². The Labute approximate surface area is 204 Å². The molecule has 1 fully saturated rings. The van der Waals surface area contributed by atoms with Gasteiger partial charge in [0.05, 0.1) is 6.10 Å². The van der Waals surface area contributed by atoms with Crippen LogP contribution in [0.4, 0.5) is 4.39 Å². The summed E-state index contributed by atoms with van der Waals surface area (Å²) in [6.45, 7) is 0.604. The van der Waals surface area contributed by atoms with Crippen LogP contribution >= 0.6 is 0 Å². The van der Waals surface area contributed by atoms with Crippen LogP contribution in [0.2, 0.25) is 0 Å². The number of pyridine rings is 1. The van der Waals surface area contributed by atoms with Crippen molar-refractivity contribution < 1.29 is 27.4 Å². The topological polar surface area (TPSA) is 97.8 Å². The number of aliphatic hydroxyl groups is 1. The van der Waals surface area contributed by atoms with Crippen LogP contribution in [0.15, 0.2) is 71.9 Å². The summed E-state index contributed by atoms with van der Waals surface area (Å²) in [5.74, 6) is 0.768. The van der Waals surface area contributed by atoms with E-state index >= 15 is 0 Å². The van der Waals surface area contributed by atoms with Crippen molar-refractivity contribution in [2.75, 3.05) is 13.2 Å². The zero-order chi connectivity index (χ0) is 24.4. The van der Waals surface area contributed by atoms with E-state index in [1.807, 2.05) is 18.2 Å². The summed E-state index contributed by atoms with van der Waals surface area (Å²) in [4.78, 5) is 4.04. The number of benzene rings is 2. The van der Waals surface area contributed by atoms with Gasteiger partial charge < -0.3 is 14.6 Å². The minimum atomic E-state index is -3.74. The molecule has 3 aromatic rings. The van der Waals surface area contributed by atoms with Crippen LogP contribution in [-0.4, -0.2) is 37.8 Å². The number of nitrogens with zero attached hydrogens (tertiary/aromatic N) is 1. The lowest BCUT2D eigenvalue weighted by molar-refractivity contribution is 0.0991. The first-order chi connectivity index (χ1) is 16.9. The van der Waals surface area contributed by atoms with E-state index < -0.39 is 16.1 Å². The first kappa shape index (κ1) is 23.7. The highest BCUT2D eigenvalue weighted by Gasteiger charge is 2.45. The second kappa shape index (κ2) is 9.93. The Kier molecular flexibility index (Phi) is 6.73. The maximum atomic E-state index is 13.0. The molecule has 2 aliphatic carbocycles. The molecular formula is C26H27FN2O5S. The van der Waals surface area contributed by atoms with Crippen molar-refractivity contribution in [2.24, 2.45) is 11.8 Å². The molecule has 9 heteroatoms. The van der Waals surface area contributed by atoms with Gasteiger partial charge >= 0.3 is 0 Å². The SMILES string of the molecule is O=S(=O)(NC1C2CCC1C(O)c1ccc(OCCOc3ccc(F)cc3)cc1C2)c1cccnc1. The van der Waals surface area contributed by atoms with Crippen LogP contribution < -0.4 is 14.2 Å². The molecule has 1 saturated carbocycles. The molecule has 0 radical (unpaired) electrons. The molecule has 1 heterocycles. The van der Waals surface area contributed by atoms with Crippen molar-refractivity contribution in [3.05, 3.63) is 83.9 Å². The van der Waals surface area contributed by atoms with Gasteiger partial charge in [-0.3, -0.25) is 4.98 Å². The van der Waals surface area contributed by atoms with E-state index in [-0.39, 0.29) is 28.6 Å². The van der Waals surface area contributed by atoms with E-state index in [4.69, 9.17) is 9.47 Å². The van der Waals surface area contributed by atoms with Gasteiger partial charge in [0.1, 0.15) is 35.4 Å². The Bertz CT molecular complexity index is 1270. The number of halogens is 1. The fourth-order valence-electron chi connectivity index (χ4n) is 5.14. The third-order valence-corrected chi connectivity index (χ3v) is 8.28. The molecule has 184 valence electrons. The Morgan fingerprint density at radius 2 is 1.77 bits per heavy atom. The standard InChI is InChI=1S/C26H27FN2O5S/c27-19-4-6-20(7-5-19)33-12-13-34-21-8-10-23-18(15-21)14-17-3-9-24(26(23)30)25(17)29-35(31,32)22-2-1-11-28-16-22/h1-2,4-8,10-11,15-17,24-26,29-30H,3,9,12-14H2. The highest BCUT2D eigenvalue weighted by atomic mass is 32.2. The number of hydrogen-bond donors (Lipinski definition) is 2. The molecule has 5 rings (SSSR count). The van der Waals surface area contributed by atoms with Crippen LogP contribution in [0.25, 0.3) is 0 Å². The molecule has 0 amide bonds. The number of hydrogen-bond acceptors (Lipinski definition) is 6. The first-order valence-corrected chi connectivity index (χ1v) is 13.1. The highest BCUT2D eigenvalue weighted by molar-refractivity contribution is 7.89. The Morgan fingerprint density at radius 3 is 2.51 bits per heavy atom. The number of rotatable bonds is 8. The van der Waals surface area contributed by atoms with Crippen LogP contribution in [0.3, 0.4) is 0 Å². The van der Waals surface area contributed by atoms with Crippen LogP contribution in [-0.2, 0) is 16.4 Å². The van der Waals surface area contributed by atoms with E-state index in [0.717, 1.165) is 24.0 Å². The van der Waals surface area contributed by atoms with Gasteiger partial charge in [0, 0.05) is 24.4 Å². The Balaban J connectivity index is 1.26. The predicted octanol–water partition coefficient (Wildman–Crippen LogP) is 3.64. The molecule has 4 unspecified atom stereocenters. The molecule has 0 saturated heterocycles. The van der Waals surface area contributed by atoms with Gasteiger partial charge in [0.15, 0.2) is 0 Å².